The Labute approximate surface area is 186 Å². The number of rotatable bonds is 3. The minimum absolute atomic E-state index is 0.304. The van der Waals surface area contributed by atoms with Crippen LogP contribution in [0.3, 0.4) is 0 Å². The molecule has 0 aliphatic carbocycles. The molecule has 164 valence electrons. The van der Waals surface area contributed by atoms with Crippen LogP contribution in [-0.2, 0) is 0 Å². The molecule has 2 fully saturated rings. The Kier molecular flexibility index (Phi) is 4.58. The highest BCUT2D eigenvalue weighted by atomic mass is 19.1. The number of benzene rings is 1. The molecule has 5 heterocycles. The fourth-order valence-electron chi connectivity index (χ4n) is 4.88. The molecule has 32 heavy (non-hydrogen) atoms. The molecule has 0 radical (unpaired) electrons. The number of aromatic nitrogens is 4. The summed E-state index contributed by atoms with van der Waals surface area (Å²) in [6.45, 7) is 8.53. The van der Waals surface area contributed by atoms with Gasteiger partial charge >= 0.3 is 0 Å². The number of pyridine rings is 1. The summed E-state index contributed by atoms with van der Waals surface area (Å²) in [4.78, 5) is 16.3. The normalized spacial score (nSPS) is 18.5. The van der Waals surface area contributed by atoms with Crippen LogP contribution >= 0.6 is 0 Å². The predicted octanol–water partition coefficient (Wildman–Crippen LogP) is 2.83. The Morgan fingerprint density at radius 1 is 1.00 bits per heavy atom. The zero-order valence-electron chi connectivity index (χ0n) is 18.4. The van der Waals surface area contributed by atoms with E-state index in [2.05, 4.69) is 31.8 Å². The van der Waals surface area contributed by atoms with Crippen molar-refractivity contribution >= 4 is 22.2 Å². The smallest absolute Gasteiger partial charge is 0.162 e. The molecule has 0 unspecified atom stereocenters. The topological polar surface area (TPSA) is 52.8 Å². The molecule has 7 nitrogen and oxygen atoms in total. The van der Waals surface area contributed by atoms with Crippen molar-refractivity contribution in [1.82, 2.24) is 29.4 Å². The molecule has 8 heteroatoms. The first-order valence-corrected chi connectivity index (χ1v) is 11.1. The Hall–Kier alpha value is -3.10. The zero-order valence-corrected chi connectivity index (χ0v) is 18.4. The number of halogens is 1. The average Bonchev–Trinajstić information content (AvgIpc) is 3.17. The summed E-state index contributed by atoms with van der Waals surface area (Å²) >= 11 is 0. The van der Waals surface area contributed by atoms with Gasteiger partial charge in [-0.05, 0) is 43.3 Å². The number of piperazine rings is 1. The van der Waals surface area contributed by atoms with E-state index in [0.29, 0.717) is 11.6 Å². The van der Waals surface area contributed by atoms with Crippen LogP contribution in [0, 0.1) is 12.7 Å². The van der Waals surface area contributed by atoms with E-state index in [-0.39, 0.29) is 5.82 Å². The van der Waals surface area contributed by atoms with Crippen LogP contribution < -0.4 is 4.90 Å². The lowest BCUT2D eigenvalue weighted by atomic mass is 10.0. The van der Waals surface area contributed by atoms with Crippen LogP contribution in [0.25, 0.3) is 27.7 Å². The van der Waals surface area contributed by atoms with E-state index in [0.717, 1.165) is 72.7 Å². The molecule has 0 atom stereocenters. The van der Waals surface area contributed by atoms with Crippen molar-refractivity contribution in [1.29, 1.82) is 0 Å². The molecule has 2 aliphatic heterocycles. The molecule has 0 bridgehead atoms. The number of hydrogen-bond donors (Lipinski definition) is 0. The minimum Gasteiger partial charge on any atom is -0.366 e. The molecule has 4 aromatic rings. The van der Waals surface area contributed by atoms with Crippen molar-refractivity contribution in [2.45, 2.75) is 13.0 Å². The van der Waals surface area contributed by atoms with Gasteiger partial charge in [0.05, 0.1) is 24.3 Å². The minimum atomic E-state index is -0.304. The second kappa shape index (κ2) is 7.50. The van der Waals surface area contributed by atoms with Crippen LogP contribution in [0.2, 0.25) is 0 Å². The second-order valence-electron chi connectivity index (χ2n) is 9.04. The van der Waals surface area contributed by atoms with Crippen molar-refractivity contribution in [3.05, 3.63) is 54.4 Å². The molecule has 0 amide bonds. The first-order valence-electron chi connectivity index (χ1n) is 11.1. The highest BCUT2D eigenvalue weighted by Gasteiger charge is 2.33. The van der Waals surface area contributed by atoms with Gasteiger partial charge in [0.2, 0.25) is 0 Å². The van der Waals surface area contributed by atoms with Gasteiger partial charge in [0.15, 0.2) is 5.65 Å². The molecule has 2 saturated heterocycles. The number of aryl methyl sites for hydroxylation is 1. The number of nitrogens with zero attached hydrogens (tertiary/aromatic N) is 7. The van der Waals surface area contributed by atoms with Gasteiger partial charge in [-0.15, -0.1) is 0 Å². The van der Waals surface area contributed by atoms with Gasteiger partial charge in [-0.2, -0.15) is 5.10 Å². The van der Waals surface area contributed by atoms with Gasteiger partial charge in [-0.1, -0.05) is 0 Å². The molecular weight excluding hydrogens is 405 g/mol. The van der Waals surface area contributed by atoms with E-state index in [1.807, 2.05) is 42.2 Å². The molecule has 0 saturated carbocycles. The molecule has 6 rings (SSSR count). The van der Waals surface area contributed by atoms with Crippen LogP contribution in [-0.4, -0.2) is 81.7 Å². The van der Waals surface area contributed by atoms with Crippen molar-refractivity contribution < 1.29 is 4.39 Å². The third-order valence-electron chi connectivity index (χ3n) is 6.86. The highest BCUT2D eigenvalue weighted by Crippen LogP contribution is 2.32. The van der Waals surface area contributed by atoms with Crippen molar-refractivity contribution in [2.75, 3.05) is 51.2 Å². The fraction of sp³-hybridized carbons (Fsp3) is 0.375. The van der Waals surface area contributed by atoms with E-state index < -0.39 is 0 Å². The van der Waals surface area contributed by atoms with Crippen molar-refractivity contribution in [3.8, 4) is 11.1 Å². The van der Waals surface area contributed by atoms with Gasteiger partial charge in [-0.25, -0.2) is 13.9 Å². The third-order valence-corrected chi connectivity index (χ3v) is 6.86. The first-order chi connectivity index (χ1) is 15.6. The van der Waals surface area contributed by atoms with Crippen LogP contribution in [0.5, 0.6) is 0 Å². The molecule has 0 spiro atoms. The quantitative estimate of drug-likeness (QED) is 0.497. The van der Waals surface area contributed by atoms with Gasteiger partial charge in [0, 0.05) is 62.5 Å². The van der Waals surface area contributed by atoms with Crippen LogP contribution in [0.1, 0.15) is 5.56 Å². The standard InChI is InChI=1S/C24H26FN7/c1-16-9-20-19(3-4-26-23(20)22(25)10-16)21-12-28-32-15-17(11-27-24(21)32)31-13-18(14-31)30-7-5-29(2)6-8-30/h3-4,9-12,15,18H,5-8,13-14H2,1-2H3. The van der Waals surface area contributed by atoms with Crippen LogP contribution in [0.4, 0.5) is 10.1 Å². The molecule has 2 aliphatic rings. The van der Waals surface area contributed by atoms with Crippen molar-refractivity contribution in [2.24, 2.45) is 0 Å². The Morgan fingerprint density at radius 2 is 1.81 bits per heavy atom. The summed E-state index contributed by atoms with van der Waals surface area (Å²) in [5.41, 5.74) is 4.86. The first kappa shape index (κ1) is 19.6. The molecule has 3 aromatic heterocycles. The predicted molar refractivity (Wildman–Crippen MR) is 123 cm³/mol. The van der Waals surface area contributed by atoms with Gasteiger partial charge in [0.1, 0.15) is 11.3 Å². The molecular formula is C24H26FN7. The van der Waals surface area contributed by atoms with Gasteiger partial charge in [-0.3, -0.25) is 9.88 Å². The monoisotopic (exact) mass is 431 g/mol. The fourth-order valence-corrected chi connectivity index (χ4v) is 4.88. The van der Waals surface area contributed by atoms with Crippen molar-refractivity contribution in [3.63, 3.8) is 0 Å². The van der Waals surface area contributed by atoms with E-state index in [1.165, 1.54) is 6.07 Å². The Morgan fingerprint density at radius 3 is 2.62 bits per heavy atom. The maximum absolute atomic E-state index is 14.4. The molecule has 1 aromatic carbocycles. The zero-order chi connectivity index (χ0) is 21.8. The average molecular weight is 432 g/mol. The Bertz CT molecular complexity index is 1300. The summed E-state index contributed by atoms with van der Waals surface area (Å²) < 4.78 is 16.3. The summed E-state index contributed by atoms with van der Waals surface area (Å²) in [6, 6.07) is 6.01. The Balaban J connectivity index is 1.28. The number of fused-ring (bicyclic) bond motifs is 2. The summed E-state index contributed by atoms with van der Waals surface area (Å²) in [5.74, 6) is -0.304. The maximum atomic E-state index is 14.4. The van der Waals surface area contributed by atoms with Crippen LogP contribution in [0.15, 0.2) is 43.0 Å². The lowest BCUT2D eigenvalue weighted by Crippen LogP contribution is -2.63. The number of anilines is 1. The van der Waals surface area contributed by atoms with E-state index in [1.54, 1.807) is 6.20 Å². The van der Waals surface area contributed by atoms with E-state index in [4.69, 9.17) is 4.98 Å². The second-order valence-corrected chi connectivity index (χ2v) is 9.04. The van der Waals surface area contributed by atoms with Gasteiger partial charge in [0.25, 0.3) is 0 Å². The summed E-state index contributed by atoms with van der Waals surface area (Å²) in [6.07, 6.45) is 7.42. The van der Waals surface area contributed by atoms with E-state index in [9.17, 15) is 4.39 Å². The summed E-state index contributed by atoms with van der Waals surface area (Å²) in [5, 5.41) is 5.34. The maximum Gasteiger partial charge on any atom is 0.162 e. The lowest BCUT2D eigenvalue weighted by Gasteiger charge is -2.48. The molecule has 0 N–H and O–H groups in total. The SMILES string of the molecule is Cc1cc(F)c2nccc(-c3cnn4cc(N5CC(N6CCN(C)CC6)C5)cnc34)c2c1. The number of likely N-dealkylation sites (N-methyl/N-ethyl adjacent to an activating group) is 1. The number of hydrogen-bond acceptors (Lipinski definition) is 6. The largest absolute Gasteiger partial charge is 0.366 e. The summed E-state index contributed by atoms with van der Waals surface area (Å²) in [7, 11) is 2.19. The lowest BCUT2D eigenvalue weighted by molar-refractivity contribution is 0.0963. The van der Waals surface area contributed by atoms with Gasteiger partial charge < -0.3 is 9.80 Å². The van der Waals surface area contributed by atoms with E-state index >= 15 is 0 Å². The third kappa shape index (κ3) is 3.22. The highest BCUT2D eigenvalue weighted by molar-refractivity contribution is 5.98.